The molecule has 0 heteroatoms. The zero-order valence-corrected chi connectivity index (χ0v) is 9.03. The minimum atomic E-state index is 0.705. The summed E-state index contributed by atoms with van der Waals surface area (Å²) in [5, 5.41) is 0. The van der Waals surface area contributed by atoms with Gasteiger partial charge in [0.15, 0.2) is 0 Å². The van der Waals surface area contributed by atoms with E-state index in [4.69, 9.17) is 0 Å². The lowest BCUT2D eigenvalue weighted by molar-refractivity contribution is 0.138. The summed E-state index contributed by atoms with van der Waals surface area (Å²) in [6.07, 6.45) is 10.2. The van der Waals surface area contributed by atoms with Gasteiger partial charge in [-0.2, -0.15) is 0 Å². The Morgan fingerprint density at radius 2 is 1.33 bits per heavy atom. The third-order valence-corrected chi connectivity index (χ3v) is 4.33. The van der Waals surface area contributed by atoms with Crippen molar-refractivity contribution in [3.05, 3.63) is 0 Å². The van der Waals surface area contributed by atoms with Gasteiger partial charge in [0.25, 0.3) is 0 Å². The molecule has 0 radical (unpaired) electrons. The maximum Gasteiger partial charge on any atom is -0.0277 e. The van der Waals surface area contributed by atoms with Crippen LogP contribution >= 0.6 is 0 Å². The van der Waals surface area contributed by atoms with E-state index in [9.17, 15) is 0 Å². The predicted octanol–water partition coefficient (Wildman–Crippen LogP) is 4.39. The largest absolute Gasteiger partial charge is 0.0648 e. The molecule has 0 N–H and O–H groups in total. The third kappa shape index (κ3) is 1.67. The molecule has 1 saturated carbocycles. The molecule has 0 atom stereocenters. The first-order chi connectivity index (χ1) is 5.79. The lowest BCUT2D eigenvalue weighted by atomic mass is 9.69. The van der Waals surface area contributed by atoms with Gasteiger partial charge in [-0.15, -0.1) is 0 Å². The number of hydrogen-bond donors (Lipinski definition) is 0. The molecule has 72 valence electrons. The number of rotatable bonds is 4. The molecule has 0 aromatic heterocycles. The van der Waals surface area contributed by atoms with Crippen molar-refractivity contribution in [3.63, 3.8) is 0 Å². The Hall–Kier alpha value is 0. The van der Waals surface area contributed by atoms with Gasteiger partial charge in [-0.1, -0.05) is 52.9 Å². The fourth-order valence-electron chi connectivity index (χ4n) is 3.15. The average molecular weight is 168 g/mol. The normalized spacial score (nSPS) is 20.2. The van der Waals surface area contributed by atoms with E-state index in [1.54, 1.807) is 0 Å². The van der Waals surface area contributed by atoms with Crippen LogP contribution in [0.4, 0.5) is 0 Å². The van der Waals surface area contributed by atoms with Crippen LogP contribution in [0.3, 0.4) is 0 Å². The van der Waals surface area contributed by atoms with Gasteiger partial charge < -0.3 is 0 Å². The minimum absolute atomic E-state index is 0.705. The second-order valence-corrected chi connectivity index (χ2v) is 4.40. The molecule has 0 aromatic carbocycles. The summed E-state index contributed by atoms with van der Waals surface area (Å²) in [7, 11) is 0. The molecule has 0 aromatic rings. The van der Waals surface area contributed by atoms with Crippen LogP contribution in [0.25, 0.3) is 0 Å². The van der Waals surface area contributed by atoms with Crippen molar-refractivity contribution in [1.82, 2.24) is 0 Å². The topological polar surface area (TPSA) is 0 Å². The van der Waals surface area contributed by atoms with Gasteiger partial charge in [-0.05, 0) is 24.2 Å². The molecular weight excluding hydrogens is 144 g/mol. The van der Waals surface area contributed by atoms with Crippen molar-refractivity contribution in [2.24, 2.45) is 11.3 Å². The maximum absolute atomic E-state index is 2.38. The van der Waals surface area contributed by atoms with Crippen LogP contribution in [0.15, 0.2) is 0 Å². The molecule has 0 unspecified atom stereocenters. The molecule has 1 rings (SSSR count). The Bertz CT molecular complexity index is 108. The molecule has 0 spiro atoms. The lowest BCUT2D eigenvalue weighted by Gasteiger charge is -2.37. The first-order valence-corrected chi connectivity index (χ1v) is 5.79. The molecule has 0 nitrogen and oxygen atoms in total. The molecule has 12 heavy (non-hydrogen) atoms. The van der Waals surface area contributed by atoms with Crippen LogP contribution in [0.2, 0.25) is 0 Å². The first kappa shape index (κ1) is 10.1. The molecule has 0 heterocycles. The van der Waals surface area contributed by atoms with Crippen LogP contribution < -0.4 is 0 Å². The maximum atomic E-state index is 2.38. The molecule has 1 aliphatic rings. The van der Waals surface area contributed by atoms with E-state index < -0.39 is 0 Å². The lowest BCUT2D eigenvalue weighted by Crippen LogP contribution is -2.26. The Balaban J connectivity index is 2.61. The predicted molar refractivity (Wildman–Crippen MR) is 55.3 cm³/mol. The van der Waals surface area contributed by atoms with Crippen molar-refractivity contribution < 1.29 is 0 Å². The van der Waals surface area contributed by atoms with Crippen LogP contribution in [-0.4, -0.2) is 0 Å². The van der Waals surface area contributed by atoms with Crippen LogP contribution in [0, 0.1) is 11.3 Å². The van der Waals surface area contributed by atoms with Gasteiger partial charge in [-0.3, -0.25) is 0 Å². The van der Waals surface area contributed by atoms with Gasteiger partial charge in [0.05, 0.1) is 0 Å². The van der Waals surface area contributed by atoms with Crippen LogP contribution in [-0.2, 0) is 0 Å². The Morgan fingerprint density at radius 3 is 1.67 bits per heavy atom. The highest BCUT2D eigenvalue weighted by molar-refractivity contribution is 4.86. The fraction of sp³-hybridized carbons (Fsp3) is 1.00. The molecular formula is C12H24. The van der Waals surface area contributed by atoms with Gasteiger partial charge in [0, 0.05) is 0 Å². The van der Waals surface area contributed by atoms with E-state index in [-0.39, 0.29) is 0 Å². The van der Waals surface area contributed by atoms with E-state index in [1.807, 2.05) is 0 Å². The van der Waals surface area contributed by atoms with Gasteiger partial charge in [0.2, 0.25) is 0 Å². The second kappa shape index (κ2) is 4.30. The van der Waals surface area contributed by atoms with Gasteiger partial charge in [-0.25, -0.2) is 0 Å². The van der Waals surface area contributed by atoms with Crippen molar-refractivity contribution in [2.75, 3.05) is 0 Å². The summed E-state index contributed by atoms with van der Waals surface area (Å²) in [6, 6.07) is 0. The molecule has 0 amide bonds. The van der Waals surface area contributed by atoms with Gasteiger partial charge in [0.1, 0.15) is 0 Å². The van der Waals surface area contributed by atoms with Crippen LogP contribution in [0.5, 0.6) is 0 Å². The van der Waals surface area contributed by atoms with Crippen molar-refractivity contribution in [1.29, 1.82) is 0 Å². The average Bonchev–Trinajstić information content (AvgIpc) is 2.62. The highest BCUT2D eigenvalue weighted by atomic mass is 14.4. The van der Waals surface area contributed by atoms with E-state index in [0.29, 0.717) is 5.41 Å². The van der Waals surface area contributed by atoms with E-state index >= 15 is 0 Å². The highest BCUT2D eigenvalue weighted by Crippen LogP contribution is 2.46. The zero-order valence-electron chi connectivity index (χ0n) is 9.03. The Labute approximate surface area is 77.7 Å². The molecule has 1 fully saturated rings. The fourth-order valence-corrected chi connectivity index (χ4v) is 3.15. The molecule has 1 aliphatic carbocycles. The molecule has 0 aliphatic heterocycles. The summed E-state index contributed by atoms with van der Waals surface area (Å²) in [4.78, 5) is 0. The summed E-state index contributed by atoms with van der Waals surface area (Å²) in [5.74, 6) is 1.05. The standard InChI is InChI=1S/C12H24/c1-4-12(5-2,6-3)11-9-7-8-10-11/h11H,4-10H2,1-3H3. The molecule has 0 saturated heterocycles. The quantitative estimate of drug-likeness (QED) is 0.584. The summed E-state index contributed by atoms with van der Waals surface area (Å²) in [6.45, 7) is 7.14. The minimum Gasteiger partial charge on any atom is -0.0648 e. The zero-order chi connectivity index (χ0) is 9.03. The first-order valence-electron chi connectivity index (χ1n) is 5.79. The monoisotopic (exact) mass is 168 g/mol. The Kier molecular flexibility index (Phi) is 3.61. The molecule has 0 bridgehead atoms. The van der Waals surface area contributed by atoms with Crippen molar-refractivity contribution >= 4 is 0 Å². The second-order valence-electron chi connectivity index (χ2n) is 4.40. The smallest absolute Gasteiger partial charge is 0.0277 e. The van der Waals surface area contributed by atoms with Gasteiger partial charge >= 0.3 is 0 Å². The summed E-state index contributed by atoms with van der Waals surface area (Å²) in [5.41, 5.74) is 0.705. The van der Waals surface area contributed by atoms with Crippen molar-refractivity contribution in [3.8, 4) is 0 Å². The SMILES string of the molecule is CCC(CC)(CC)C1CCCC1. The van der Waals surface area contributed by atoms with E-state index in [1.165, 1.54) is 44.9 Å². The number of hydrogen-bond acceptors (Lipinski definition) is 0. The van der Waals surface area contributed by atoms with E-state index in [0.717, 1.165) is 5.92 Å². The van der Waals surface area contributed by atoms with Crippen LogP contribution in [0.1, 0.15) is 65.7 Å². The highest BCUT2D eigenvalue weighted by Gasteiger charge is 2.35. The van der Waals surface area contributed by atoms with Crippen molar-refractivity contribution in [2.45, 2.75) is 65.7 Å². The Morgan fingerprint density at radius 1 is 0.917 bits per heavy atom. The third-order valence-electron chi connectivity index (χ3n) is 4.33. The van der Waals surface area contributed by atoms with E-state index in [2.05, 4.69) is 20.8 Å². The summed E-state index contributed by atoms with van der Waals surface area (Å²) < 4.78 is 0. The summed E-state index contributed by atoms with van der Waals surface area (Å²) >= 11 is 0.